The SMILES string of the molecule is C=CCOC(=O)c1sc(N2C(=O)C(=O)/C(=C(/O)c3ccc(C)cc3)C2c2ccc(OCC=C)c(OCC)c2)nc1C. The molecule has 1 amide bonds. The molecule has 0 bridgehead atoms. The van der Waals surface area contributed by atoms with Crippen molar-refractivity contribution in [2.24, 2.45) is 0 Å². The van der Waals surface area contributed by atoms with E-state index < -0.39 is 23.7 Å². The average Bonchev–Trinajstić information content (AvgIpc) is 3.47. The van der Waals surface area contributed by atoms with E-state index in [1.807, 2.05) is 13.8 Å². The highest BCUT2D eigenvalue weighted by Crippen LogP contribution is 2.45. The lowest BCUT2D eigenvalue weighted by Gasteiger charge is -2.24. The van der Waals surface area contributed by atoms with Gasteiger partial charge in [-0.25, -0.2) is 9.78 Å². The predicted molar refractivity (Wildman–Crippen MR) is 157 cm³/mol. The fourth-order valence-corrected chi connectivity index (χ4v) is 5.31. The number of aliphatic hydroxyl groups excluding tert-OH is 1. The van der Waals surface area contributed by atoms with Gasteiger partial charge in [-0.05, 0) is 38.5 Å². The molecule has 0 radical (unpaired) electrons. The quantitative estimate of drug-likeness (QED) is 0.102. The van der Waals surface area contributed by atoms with Crippen LogP contribution in [0, 0.1) is 13.8 Å². The Bertz CT molecular complexity index is 1540. The van der Waals surface area contributed by atoms with E-state index in [-0.39, 0.29) is 34.6 Å². The number of hydrogen-bond acceptors (Lipinski definition) is 9. The zero-order valence-corrected chi connectivity index (χ0v) is 23.8. The van der Waals surface area contributed by atoms with Crippen LogP contribution in [0.5, 0.6) is 11.5 Å². The Morgan fingerprint density at radius 2 is 1.76 bits per heavy atom. The molecule has 0 saturated carbocycles. The Morgan fingerprint density at radius 3 is 2.41 bits per heavy atom. The summed E-state index contributed by atoms with van der Waals surface area (Å²) < 4.78 is 16.7. The number of amides is 1. The summed E-state index contributed by atoms with van der Waals surface area (Å²) in [4.78, 5) is 45.6. The molecule has 1 unspecified atom stereocenters. The number of nitrogens with zero attached hydrogens (tertiary/aromatic N) is 2. The Morgan fingerprint density at radius 1 is 1.05 bits per heavy atom. The number of rotatable bonds is 11. The van der Waals surface area contributed by atoms with E-state index in [4.69, 9.17) is 14.2 Å². The van der Waals surface area contributed by atoms with Crippen LogP contribution in [0.25, 0.3) is 5.76 Å². The van der Waals surface area contributed by atoms with Gasteiger partial charge in [0.15, 0.2) is 16.6 Å². The second kappa shape index (κ2) is 12.6. The molecule has 41 heavy (non-hydrogen) atoms. The first-order valence-electron chi connectivity index (χ1n) is 12.9. The molecule has 2 heterocycles. The zero-order valence-electron chi connectivity index (χ0n) is 23.0. The summed E-state index contributed by atoms with van der Waals surface area (Å²) in [6, 6.07) is 10.9. The van der Waals surface area contributed by atoms with Gasteiger partial charge in [0, 0.05) is 5.56 Å². The van der Waals surface area contributed by atoms with Crippen LogP contribution in [0.4, 0.5) is 5.13 Å². The minimum atomic E-state index is -1.08. The maximum Gasteiger partial charge on any atom is 0.350 e. The van der Waals surface area contributed by atoms with Crippen LogP contribution in [0.3, 0.4) is 0 Å². The van der Waals surface area contributed by atoms with Crippen LogP contribution in [0.1, 0.15) is 45.0 Å². The minimum Gasteiger partial charge on any atom is -0.507 e. The maximum atomic E-state index is 13.6. The molecular formula is C31H30N2O7S. The fraction of sp³-hybridized carbons (Fsp3) is 0.226. The van der Waals surface area contributed by atoms with Gasteiger partial charge >= 0.3 is 11.9 Å². The number of anilines is 1. The first-order valence-corrected chi connectivity index (χ1v) is 13.7. The van der Waals surface area contributed by atoms with Crippen molar-refractivity contribution < 1.29 is 33.7 Å². The van der Waals surface area contributed by atoms with Gasteiger partial charge < -0.3 is 19.3 Å². The van der Waals surface area contributed by atoms with Gasteiger partial charge in [-0.1, -0.05) is 72.5 Å². The molecule has 1 N–H and O–H groups in total. The molecule has 1 aliphatic rings. The van der Waals surface area contributed by atoms with Gasteiger partial charge in [-0.15, -0.1) is 0 Å². The predicted octanol–water partition coefficient (Wildman–Crippen LogP) is 5.69. The minimum absolute atomic E-state index is 0.00699. The molecule has 0 spiro atoms. The van der Waals surface area contributed by atoms with Crippen LogP contribution >= 0.6 is 11.3 Å². The van der Waals surface area contributed by atoms with Gasteiger partial charge in [-0.2, -0.15) is 0 Å². The third-order valence-electron chi connectivity index (χ3n) is 6.22. The third kappa shape index (κ3) is 5.92. The van der Waals surface area contributed by atoms with Gasteiger partial charge in [0.05, 0.1) is 23.9 Å². The summed E-state index contributed by atoms with van der Waals surface area (Å²) in [5, 5.41) is 11.5. The van der Waals surface area contributed by atoms with Gasteiger partial charge in [0.2, 0.25) is 0 Å². The average molecular weight is 575 g/mol. The number of hydrogen-bond donors (Lipinski definition) is 1. The lowest BCUT2D eigenvalue weighted by molar-refractivity contribution is -0.132. The zero-order chi connectivity index (χ0) is 29.7. The van der Waals surface area contributed by atoms with E-state index in [1.165, 1.54) is 11.0 Å². The van der Waals surface area contributed by atoms with E-state index in [1.54, 1.807) is 55.5 Å². The van der Waals surface area contributed by atoms with E-state index in [2.05, 4.69) is 18.1 Å². The van der Waals surface area contributed by atoms with Crippen LogP contribution < -0.4 is 14.4 Å². The number of ketones is 1. The second-order valence-electron chi connectivity index (χ2n) is 9.07. The number of carbonyl (C=O) groups excluding carboxylic acids is 3. The molecule has 1 aliphatic heterocycles. The summed E-state index contributed by atoms with van der Waals surface area (Å²) in [5.74, 6) is -1.91. The van der Waals surface area contributed by atoms with Crippen molar-refractivity contribution in [3.05, 3.63) is 101 Å². The monoisotopic (exact) mass is 574 g/mol. The molecule has 1 saturated heterocycles. The van der Waals surface area contributed by atoms with Gasteiger partial charge in [0.1, 0.15) is 23.9 Å². The molecule has 212 valence electrons. The highest BCUT2D eigenvalue weighted by Gasteiger charge is 2.48. The van der Waals surface area contributed by atoms with Gasteiger partial charge in [0.25, 0.3) is 5.78 Å². The maximum absolute atomic E-state index is 13.6. The van der Waals surface area contributed by atoms with Crippen molar-refractivity contribution in [1.29, 1.82) is 0 Å². The fourth-order valence-electron chi connectivity index (χ4n) is 4.32. The standard InChI is InChI=1S/C31H30N2O7S/c1-6-15-39-22-14-13-21(17-23(22)38-8-3)25-24(26(34)20-11-9-18(4)10-12-20)27(35)29(36)33(25)31-32-19(5)28(41-31)30(37)40-16-7-2/h6-7,9-14,17,25,34H,1-2,8,15-16H2,3-5H3/b26-24+. The lowest BCUT2D eigenvalue weighted by atomic mass is 9.95. The van der Waals surface area contributed by atoms with Crippen molar-refractivity contribution in [1.82, 2.24) is 4.98 Å². The van der Waals surface area contributed by atoms with Crippen molar-refractivity contribution in [3.8, 4) is 11.5 Å². The summed E-state index contributed by atoms with van der Waals surface area (Å²) in [6.07, 6.45) is 3.04. The summed E-state index contributed by atoms with van der Waals surface area (Å²) in [5.41, 5.74) is 2.02. The first-order chi connectivity index (χ1) is 19.7. The van der Waals surface area contributed by atoms with Crippen molar-refractivity contribution >= 4 is 39.9 Å². The number of thiazole rings is 1. The topological polar surface area (TPSA) is 115 Å². The molecule has 10 heteroatoms. The highest BCUT2D eigenvalue weighted by atomic mass is 32.1. The number of carbonyl (C=O) groups is 3. The Kier molecular flexibility index (Phi) is 9.04. The highest BCUT2D eigenvalue weighted by molar-refractivity contribution is 7.17. The summed E-state index contributed by atoms with van der Waals surface area (Å²) in [7, 11) is 0. The van der Waals surface area contributed by atoms with E-state index in [0.29, 0.717) is 34.9 Å². The van der Waals surface area contributed by atoms with E-state index in [9.17, 15) is 19.5 Å². The molecule has 1 aromatic heterocycles. The Hall–Kier alpha value is -4.70. The normalized spacial score (nSPS) is 16.0. The van der Waals surface area contributed by atoms with Crippen molar-refractivity contribution in [2.45, 2.75) is 26.8 Å². The molecule has 1 fully saturated rings. The third-order valence-corrected chi connectivity index (χ3v) is 7.36. The van der Waals surface area contributed by atoms with Crippen LogP contribution in [-0.4, -0.2) is 47.6 Å². The smallest absolute Gasteiger partial charge is 0.350 e. The van der Waals surface area contributed by atoms with Crippen LogP contribution in [0.15, 0.2) is 73.3 Å². The lowest BCUT2D eigenvalue weighted by Crippen LogP contribution is -2.29. The van der Waals surface area contributed by atoms with E-state index >= 15 is 0 Å². The van der Waals surface area contributed by atoms with Crippen LogP contribution in [0.2, 0.25) is 0 Å². The number of benzene rings is 2. The number of ether oxygens (including phenoxy) is 3. The second-order valence-corrected chi connectivity index (χ2v) is 10.0. The first kappa shape index (κ1) is 29.3. The molecule has 9 nitrogen and oxygen atoms in total. The summed E-state index contributed by atoms with van der Waals surface area (Å²) >= 11 is 0.921. The Balaban J connectivity index is 1.91. The van der Waals surface area contributed by atoms with E-state index in [0.717, 1.165) is 16.9 Å². The number of aryl methyl sites for hydroxylation is 2. The molecule has 4 rings (SSSR count). The number of esters is 1. The summed E-state index contributed by atoms with van der Waals surface area (Å²) in [6.45, 7) is 13.1. The van der Waals surface area contributed by atoms with Crippen molar-refractivity contribution in [3.63, 3.8) is 0 Å². The number of Topliss-reactive ketones (excluding diaryl/α,β-unsaturated/α-hetero) is 1. The molecule has 0 aliphatic carbocycles. The van der Waals surface area contributed by atoms with Crippen LogP contribution in [-0.2, 0) is 14.3 Å². The van der Waals surface area contributed by atoms with Crippen molar-refractivity contribution in [2.75, 3.05) is 24.7 Å². The number of aromatic nitrogens is 1. The molecule has 3 aromatic rings. The molecule has 1 atom stereocenters. The Labute approximate surface area is 242 Å². The molecule has 2 aromatic carbocycles. The largest absolute Gasteiger partial charge is 0.507 e. The molecular weight excluding hydrogens is 544 g/mol. The van der Waals surface area contributed by atoms with Gasteiger partial charge in [-0.3, -0.25) is 14.5 Å². The number of aliphatic hydroxyl groups is 1.